The van der Waals surface area contributed by atoms with Gasteiger partial charge in [0.2, 0.25) is 10.0 Å². The summed E-state index contributed by atoms with van der Waals surface area (Å²) in [7, 11) is -4.00. The van der Waals surface area contributed by atoms with Crippen LogP contribution in [-0.4, -0.2) is 47.7 Å². The predicted octanol–water partition coefficient (Wildman–Crippen LogP) is 3.81. The smallest absolute Gasteiger partial charge is 0.354 e. The van der Waals surface area contributed by atoms with Crippen LogP contribution in [0.3, 0.4) is 0 Å². The Morgan fingerprint density at radius 1 is 1.17 bits per heavy atom. The third kappa shape index (κ3) is 4.99. The summed E-state index contributed by atoms with van der Waals surface area (Å²) in [5.41, 5.74) is 1.40. The Morgan fingerprint density at radius 3 is 2.57 bits per heavy atom. The average molecular weight is 499 g/mol. The number of hydrogen-bond acceptors (Lipinski definition) is 6. The molecular weight excluding hydrogens is 471 g/mol. The second-order valence-corrected chi connectivity index (χ2v) is 11.7. The van der Waals surface area contributed by atoms with E-state index in [2.05, 4.69) is 20.0 Å². The average Bonchev–Trinajstić information content (AvgIpc) is 3.56. The van der Waals surface area contributed by atoms with Gasteiger partial charge in [-0.2, -0.15) is 0 Å². The lowest BCUT2D eigenvalue weighted by atomic mass is 10.0. The first kappa shape index (κ1) is 23.6. The van der Waals surface area contributed by atoms with Crippen LogP contribution in [0, 0.1) is 0 Å². The Bertz CT molecular complexity index is 1410. The molecule has 2 aromatic heterocycles. The molecule has 2 aliphatic rings. The molecule has 2 heterocycles. The third-order valence-electron chi connectivity index (χ3n) is 6.41. The van der Waals surface area contributed by atoms with Crippen molar-refractivity contribution in [2.24, 2.45) is 0 Å². The van der Waals surface area contributed by atoms with E-state index in [1.54, 1.807) is 12.3 Å². The SMILES string of the molecule is CC(C)(F)CNS(=O)(=O)c1c2c(cc3cnc(C4CC4)cc13)C[C@@H](Nc1ccc(C(=O)O)nc1)C2. The largest absolute Gasteiger partial charge is 0.477 e. The van der Waals surface area contributed by atoms with Crippen LogP contribution < -0.4 is 10.0 Å². The van der Waals surface area contributed by atoms with Crippen LogP contribution >= 0.6 is 0 Å². The Morgan fingerprint density at radius 2 is 1.94 bits per heavy atom. The number of aromatic carboxylic acids is 1. The van der Waals surface area contributed by atoms with Gasteiger partial charge in [0, 0.05) is 41.2 Å². The first-order chi connectivity index (χ1) is 16.5. The van der Waals surface area contributed by atoms with Crippen molar-refractivity contribution < 1.29 is 22.7 Å². The summed E-state index contributed by atoms with van der Waals surface area (Å²) in [6.45, 7) is 2.34. The van der Waals surface area contributed by atoms with Crippen LogP contribution in [0.1, 0.15) is 59.9 Å². The van der Waals surface area contributed by atoms with E-state index in [4.69, 9.17) is 5.11 Å². The molecule has 2 aliphatic carbocycles. The molecule has 0 radical (unpaired) electrons. The van der Waals surface area contributed by atoms with Crippen molar-refractivity contribution in [1.82, 2.24) is 14.7 Å². The van der Waals surface area contributed by atoms with Gasteiger partial charge in [0.1, 0.15) is 11.4 Å². The van der Waals surface area contributed by atoms with Crippen molar-refractivity contribution in [1.29, 1.82) is 0 Å². The number of hydrogen-bond donors (Lipinski definition) is 3. The zero-order chi connectivity index (χ0) is 25.0. The molecule has 0 spiro atoms. The van der Waals surface area contributed by atoms with E-state index in [0.29, 0.717) is 35.4 Å². The number of aromatic nitrogens is 2. The van der Waals surface area contributed by atoms with Crippen molar-refractivity contribution >= 4 is 32.5 Å². The number of halogens is 1. The van der Waals surface area contributed by atoms with E-state index in [1.165, 1.54) is 26.1 Å². The maximum absolute atomic E-state index is 14.2. The zero-order valence-electron chi connectivity index (χ0n) is 19.5. The van der Waals surface area contributed by atoms with Crippen LogP contribution in [0.5, 0.6) is 0 Å². The van der Waals surface area contributed by atoms with Gasteiger partial charge in [0.15, 0.2) is 0 Å². The summed E-state index contributed by atoms with van der Waals surface area (Å²) in [5.74, 6) is -0.744. The molecule has 5 rings (SSSR count). The minimum atomic E-state index is -4.00. The van der Waals surface area contributed by atoms with E-state index in [1.807, 2.05) is 12.1 Å². The van der Waals surface area contributed by atoms with Crippen molar-refractivity contribution in [3.63, 3.8) is 0 Å². The Kier molecular flexibility index (Phi) is 5.76. The molecule has 3 aromatic rings. The molecular formula is C25H27FN4O4S. The number of rotatable bonds is 8. The van der Waals surface area contributed by atoms with Gasteiger partial charge >= 0.3 is 5.97 Å². The summed E-state index contributed by atoms with van der Waals surface area (Å²) >= 11 is 0. The van der Waals surface area contributed by atoms with Gasteiger partial charge in [0.05, 0.1) is 16.8 Å². The molecule has 0 saturated heterocycles. The third-order valence-corrected chi connectivity index (χ3v) is 7.94. The van der Waals surface area contributed by atoms with Gasteiger partial charge in [-0.05, 0) is 74.9 Å². The van der Waals surface area contributed by atoms with E-state index in [-0.39, 0.29) is 23.2 Å². The second-order valence-electron chi connectivity index (χ2n) is 9.98. The molecule has 1 saturated carbocycles. The summed E-state index contributed by atoms with van der Waals surface area (Å²) in [4.78, 5) is 19.8. The minimum Gasteiger partial charge on any atom is -0.477 e. The fourth-order valence-electron chi connectivity index (χ4n) is 4.56. The molecule has 0 bridgehead atoms. The van der Waals surface area contributed by atoms with Crippen LogP contribution in [0.2, 0.25) is 0 Å². The first-order valence-electron chi connectivity index (χ1n) is 11.6. The summed E-state index contributed by atoms with van der Waals surface area (Å²) < 4.78 is 43.7. The number of alkyl halides is 1. The first-order valence-corrected chi connectivity index (χ1v) is 13.1. The molecule has 184 valence electrons. The van der Waals surface area contributed by atoms with E-state index < -0.39 is 21.7 Å². The number of carboxylic acid groups (broad SMARTS) is 1. The molecule has 0 aliphatic heterocycles. The maximum atomic E-state index is 14.2. The van der Waals surface area contributed by atoms with Crippen molar-refractivity contribution in [3.05, 3.63) is 59.2 Å². The molecule has 8 nitrogen and oxygen atoms in total. The summed E-state index contributed by atoms with van der Waals surface area (Å²) in [6, 6.07) is 6.81. The Labute approximate surface area is 203 Å². The molecule has 10 heteroatoms. The molecule has 3 N–H and O–H groups in total. The number of sulfonamides is 1. The molecule has 0 amide bonds. The molecule has 35 heavy (non-hydrogen) atoms. The van der Waals surface area contributed by atoms with E-state index in [9.17, 15) is 17.6 Å². The van der Waals surface area contributed by atoms with Gasteiger partial charge < -0.3 is 10.4 Å². The topological polar surface area (TPSA) is 121 Å². The second kappa shape index (κ2) is 8.53. The van der Waals surface area contributed by atoms with Gasteiger partial charge in [-0.15, -0.1) is 0 Å². The lowest BCUT2D eigenvalue weighted by molar-refractivity contribution is 0.0690. The van der Waals surface area contributed by atoms with E-state index >= 15 is 0 Å². The lowest BCUT2D eigenvalue weighted by Gasteiger charge is -2.18. The number of carbonyl (C=O) groups is 1. The molecule has 0 unspecified atom stereocenters. The fraction of sp³-hybridized carbons (Fsp3) is 0.400. The van der Waals surface area contributed by atoms with Crippen LogP contribution in [0.15, 0.2) is 41.6 Å². The number of carboxylic acids is 1. The highest BCUT2D eigenvalue weighted by Gasteiger charge is 2.33. The van der Waals surface area contributed by atoms with Crippen molar-refractivity contribution in [3.8, 4) is 0 Å². The molecule has 1 aromatic carbocycles. The lowest BCUT2D eigenvalue weighted by Crippen LogP contribution is -2.36. The number of nitrogens with one attached hydrogen (secondary N) is 2. The summed E-state index contributed by atoms with van der Waals surface area (Å²) in [6.07, 6.45) is 6.30. The number of pyridine rings is 2. The van der Waals surface area contributed by atoms with Gasteiger partial charge in [-0.3, -0.25) is 4.98 Å². The highest BCUT2D eigenvalue weighted by molar-refractivity contribution is 7.89. The quantitative estimate of drug-likeness (QED) is 0.432. The number of nitrogens with zero attached hydrogens (tertiary/aromatic N) is 2. The molecule has 1 atom stereocenters. The normalized spacial score (nSPS) is 18.0. The minimum absolute atomic E-state index is 0.0503. The zero-order valence-corrected chi connectivity index (χ0v) is 20.3. The monoisotopic (exact) mass is 498 g/mol. The Hall–Kier alpha value is -3.11. The van der Waals surface area contributed by atoms with Crippen LogP contribution in [0.25, 0.3) is 10.8 Å². The number of fused-ring (bicyclic) bond motifs is 2. The van der Waals surface area contributed by atoms with Crippen LogP contribution in [0.4, 0.5) is 10.1 Å². The Balaban J connectivity index is 1.52. The van der Waals surface area contributed by atoms with Crippen molar-refractivity contribution in [2.45, 2.75) is 62.1 Å². The van der Waals surface area contributed by atoms with Crippen molar-refractivity contribution in [2.75, 3.05) is 11.9 Å². The highest BCUT2D eigenvalue weighted by Crippen LogP contribution is 2.42. The van der Waals surface area contributed by atoms with E-state index in [0.717, 1.165) is 29.5 Å². The fourth-order valence-corrected chi connectivity index (χ4v) is 6.24. The summed E-state index contributed by atoms with van der Waals surface area (Å²) in [5, 5.41) is 13.7. The van der Waals surface area contributed by atoms with Gasteiger partial charge in [-0.25, -0.2) is 27.3 Å². The maximum Gasteiger partial charge on any atom is 0.354 e. The highest BCUT2D eigenvalue weighted by atomic mass is 32.2. The predicted molar refractivity (Wildman–Crippen MR) is 130 cm³/mol. The number of benzene rings is 1. The number of anilines is 1. The van der Waals surface area contributed by atoms with Gasteiger partial charge in [0.25, 0.3) is 0 Å². The molecule has 1 fully saturated rings. The van der Waals surface area contributed by atoms with Gasteiger partial charge in [-0.1, -0.05) is 0 Å². The van der Waals surface area contributed by atoms with Crippen LogP contribution in [-0.2, 0) is 22.9 Å². The standard InChI is InChI=1S/C25H27FN4O4S/c1-25(2,26)13-29-35(33,34)23-19-9-18(30-17-5-6-21(24(31)32)28-12-17)8-15(19)7-16-11-27-22(10-20(16)23)14-3-4-14/h5-7,10-12,14,18,29-30H,3-4,8-9,13H2,1-2H3,(H,31,32)/t18-/m1/s1.